The second kappa shape index (κ2) is 2.47. The SMILES string of the molecule is CC1(Br)NC=C(C(=O)O)S1. The Hall–Kier alpha value is -0.160. The van der Waals surface area contributed by atoms with E-state index in [1.54, 1.807) is 0 Å². The summed E-state index contributed by atoms with van der Waals surface area (Å²) in [4.78, 5) is 10.7. The molecule has 10 heavy (non-hydrogen) atoms. The normalized spacial score (nSPS) is 31.2. The molecule has 1 atom stereocenters. The molecule has 0 amide bonds. The van der Waals surface area contributed by atoms with E-state index in [9.17, 15) is 4.79 Å². The Morgan fingerprint density at radius 3 is 2.80 bits per heavy atom. The molecule has 1 aliphatic rings. The van der Waals surface area contributed by atoms with Gasteiger partial charge < -0.3 is 10.4 Å². The van der Waals surface area contributed by atoms with Gasteiger partial charge in [0.15, 0.2) is 0 Å². The topological polar surface area (TPSA) is 49.3 Å². The maximum Gasteiger partial charge on any atom is 0.343 e. The number of carboxylic acid groups (broad SMARTS) is 1. The van der Waals surface area contributed by atoms with Gasteiger partial charge in [-0.25, -0.2) is 4.79 Å². The zero-order chi connectivity index (χ0) is 7.78. The fourth-order valence-electron chi connectivity index (χ4n) is 0.565. The van der Waals surface area contributed by atoms with Crippen molar-refractivity contribution in [2.75, 3.05) is 0 Å². The molecule has 56 valence electrons. The number of aliphatic carboxylic acids is 1. The van der Waals surface area contributed by atoms with E-state index in [2.05, 4.69) is 21.2 Å². The zero-order valence-corrected chi connectivity index (χ0v) is 7.62. The summed E-state index contributed by atoms with van der Waals surface area (Å²) in [7, 11) is 0. The third kappa shape index (κ3) is 1.67. The summed E-state index contributed by atoms with van der Waals surface area (Å²) in [6.45, 7) is 1.85. The van der Waals surface area contributed by atoms with Crippen LogP contribution in [0.1, 0.15) is 6.92 Å². The Morgan fingerprint density at radius 1 is 2.00 bits per heavy atom. The molecule has 0 aromatic heterocycles. The highest BCUT2D eigenvalue weighted by Crippen LogP contribution is 2.39. The molecule has 0 saturated carbocycles. The van der Waals surface area contributed by atoms with E-state index in [0.29, 0.717) is 4.91 Å². The van der Waals surface area contributed by atoms with Crippen LogP contribution in [0.3, 0.4) is 0 Å². The van der Waals surface area contributed by atoms with Crippen LogP contribution in [0.25, 0.3) is 0 Å². The van der Waals surface area contributed by atoms with Crippen molar-refractivity contribution in [1.82, 2.24) is 5.32 Å². The number of hydrogen-bond acceptors (Lipinski definition) is 3. The van der Waals surface area contributed by atoms with E-state index >= 15 is 0 Å². The predicted molar refractivity (Wildman–Crippen MR) is 43.8 cm³/mol. The molecule has 0 radical (unpaired) electrons. The molecular weight excluding hydrogens is 218 g/mol. The highest BCUT2D eigenvalue weighted by atomic mass is 79.9. The van der Waals surface area contributed by atoms with Crippen LogP contribution in [0.4, 0.5) is 0 Å². The molecule has 0 aromatic carbocycles. The van der Waals surface area contributed by atoms with Gasteiger partial charge in [0.2, 0.25) is 0 Å². The molecule has 1 heterocycles. The van der Waals surface area contributed by atoms with Crippen LogP contribution in [-0.2, 0) is 4.79 Å². The molecule has 3 nitrogen and oxygen atoms in total. The molecule has 0 bridgehead atoms. The molecule has 1 rings (SSSR count). The largest absolute Gasteiger partial charge is 0.477 e. The van der Waals surface area contributed by atoms with Crippen LogP contribution < -0.4 is 5.32 Å². The number of halogens is 1. The molecule has 0 aliphatic carbocycles. The van der Waals surface area contributed by atoms with Crippen LogP contribution in [0, 0.1) is 0 Å². The van der Waals surface area contributed by atoms with Gasteiger partial charge in [-0.3, -0.25) is 0 Å². The van der Waals surface area contributed by atoms with E-state index < -0.39 is 5.97 Å². The van der Waals surface area contributed by atoms with Gasteiger partial charge in [0.25, 0.3) is 0 Å². The van der Waals surface area contributed by atoms with Crippen molar-refractivity contribution in [2.45, 2.75) is 10.7 Å². The van der Waals surface area contributed by atoms with Crippen LogP contribution in [0.5, 0.6) is 0 Å². The summed E-state index contributed by atoms with van der Waals surface area (Å²) in [6.07, 6.45) is 1.49. The minimum absolute atomic E-state index is 0.333. The van der Waals surface area contributed by atoms with Gasteiger partial charge in [-0.2, -0.15) is 0 Å². The van der Waals surface area contributed by atoms with Crippen molar-refractivity contribution in [2.24, 2.45) is 0 Å². The van der Waals surface area contributed by atoms with E-state index in [4.69, 9.17) is 5.11 Å². The molecule has 2 N–H and O–H groups in total. The summed E-state index contributed by atoms with van der Waals surface area (Å²) >= 11 is 4.53. The Kier molecular flexibility index (Phi) is 1.96. The first-order valence-electron chi connectivity index (χ1n) is 2.60. The first kappa shape index (κ1) is 7.94. The Morgan fingerprint density at radius 2 is 2.60 bits per heavy atom. The smallest absolute Gasteiger partial charge is 0.343 e. The Labute approximate surface area is 71.0 Å². The fourth-order valence-corrected chi connectivity index (χ4v) is 1.94. The van der Waals surface area contributed by atoms with Gasteiger partial charge in [-0.1, -0.05) is 11.8 Å². The molecule has 0 aromatic rings. The number of carboxylic acids is 1. The van der Waals surface area contributed by atoms with Crippen molar-refractivity contribution in [1.29, 1.82) is 0 Å². The molecular formula is C5H6BrNO2S. The fraction of sp³-hybridized carbons (Fsp3) is 0.400. The summed E-state index contributed by atoms with van der Waals surface area (Å²) in [6, 6.07) is 0. The number of thioether (sulfide) groups is 1. The van der Waals surface area contributed by atoms with E-state index in [1.165, 1.54) is 18.0 Å². The van der Waals surface area contributed by atoms with Crippen molar-refractivity contribution in [3.63, 3.8) is 0 Å². The standard InChI is InChI=1S/C5H6BrNO2S/c1-5(6)7-2-3(10-5)4(8)9/h2,7H,1H3,(H,8,9). The van der Waals surface area contributed by atoms with Crippen molar-refractivity contribution in [3.8, 4) is 0 Å². The maximum atomic E-state index is 10.3. The third-order valence-corrected chi connectivity index (χ3v) is 2.70. The highest BCUT2D eigenvalue weighted by Gasteiger charge is 2.29. The Balaban J connectivity index is 2.64. The van der Waals surface area contributed by atoms with Gasteiger partial charge in [-0.05, 0) is 22.9 Å². The lowest BCUT2D eigenvalue weighted by Crippen LogP contribution is -2.22. The summed E-state index contributed by atoms with van der Waals surface area (Å²) in [5.74, 6) is -0.888. The average Bonchev–Trinajstić information content (AvgIpc) is 2.10. The van der Waals surface area contributed by atoms with Gasteiger partial charge in [0.05, 0.1) is 0 Å². The molecule has 1 unspecified atom stereocenters. The molecule has 5 heteroatoms. The summed E-state index contributed by atoms with van der Waals surface area (Å²) in [5.41, 5.74) is 0. The first-order chi connectivity index (χ1) is 4.51. The lowest BCUT2D eigenvalue weighted by atomic mass is 10.6. The summed E-state index contributed by atoms with van der Waals surface area (Å²) in [5, 5.41) is 11.4. The second-order valence-corrected chi connectivity index (χ2v) is 5.55. The van der Waals surface area contributed by atoms with Crippen LogP contribution in [-0.4, -0.2) is 14.9 Å². The minimum atomic E-state index is -0.888. The molecule has 0 fully saturated rings. The monoisotopic (exact) mass is 223 g/mol. The van der Waals surface area contributed by atoms with Gasteiger partial charge in [0.1, 0.15) is 8.69 Å². The first-order valence-corrected chi connectivity index (χ1v) is 4.21. The number of hydrogen-bond donors (Lipinski definition) is 2. The van der Waals surface area contributed by atoms with E-state index in [0.717, 1.165) is 0 Å². The summed E-state index contributed by atoms with van der Waals surface area (Å²) < 4.78 is -0.347. The highest BCUT2D eigenvalue weighted by molar-refractivity contribution is 9.12. The van der Waals surface area contributed by atoms with Crippen LogP contribution >= 0.6 is 27.7 Å². The number of carbonyl (C=O) groups is 1. The minimum Gasteiger partial charge on any atom is -0.477 e. The second-order valence-electron chi connectivity index (χ2n) is 1.98. The molecule has 0 spiro atoms. The maximum absolute atomic E-state index is 10.3. The average molecular weight is 224 g/mol. The molecule has 1 aliphatic heterocycles. The van der Waals surface area contributed by atoms with E-state index in [1.807, 2.05) is 6.92 Å². The molecule has 0 saturated heterocycles. The lowest BCUT2D eigenvalue weighted by molar-refractivity contribution is -0.131. The van der Waals surface area contributed by atoms with Crippen molar-refractivity contribution < 1.29 is 9.90 Å². The third-order valence-electron chi connectivity index (χ3n) is 0.973. The lowest BCUT2D eigenvalue weighted by Gasteiger charge is -2.13. The van der Waals surface area contributed by atoms with Crippen LogP contribution in [0.2, 0.25) is 0 Å². The quantitative estimate of drug-likeness (QED) is 0.521. The number of nitrogens with one attached hydrogen (secondary N) is 1. The van der Waals surface area contributed by atoms with Gasteiger partial charge in [0, 0.05) is 6.20 Å². The van der Waals surface area contributed by atoms with Gasteiger partial charge in [-0.15, -0.1) is 0 Å². The Bertz CT molecular complexity index is 202. The zero-order valence-electron chi connectivity index (χ0n) is 5.22. The van der Waals surface area contributed by atoms with Crippen LogP contribution in [0.15, 0.2) is 11.1 Å². The van der Waals surface area contributed by atoms with Crippen molar-refractivity contribution >= 4 is 33.7 Å². The van der Waals surface area contributed by atoms with E-state index in [-0.39, 0.29) is 3.78 Å². The van der Waals surface area contributed by atoms with Gasteiger partial charge >= 0.3 is 5.97 Å². The number of alkyl halides is 1. The van der Waals surface area contributed by atoms with Crippen molar-refractivity contribution in [3.05, 3.63) is 11.1 Å². The number of rotatable bonds is 1. The predicted octanol–water partition coefficient (Wildman–Crippen LogP) is 1.32.